The van der Waals surface area contributed by atoms with Gasteiger partial charge in [0.25, 0.3) is 0 Å². The molecule has 0 saturated heterocycles. The van der Waals surface area contributed by atoms with Crippen molar-refractivity contribution in [1.82, 2.24) is 10.3 Å². The van der Waals surface area contributed by atoms with E-state index in [1.807, 2.05) is 6.07 Å². The molecule has 0 radical (unpaired) electrons. The molecule has 2 aromatic rings. The summed E-state index contributed by atoms with van der Waals surface area (Å²) < 4.78 is 25.3. The molecule has 23 heavy (non-hydrogen) atoms. The van der Waals surface area contributed by atoms with E-state index in [9.17, 15) is 13.2 Å². The molecule has 8 heteroatoms. The molecular weight excluding hydrogens is 316 g/mol. The van der Waals surface area contributed by atoms with Crippen LogP contribution in [0.5, 0.6) is 0 Å². The molecule has 0 saturated carbocycles. The van der Waals surface area contributed by atoms with Gasteiger partial charge in [-0.15, -0.1) is 0 Å². The van der Waals surface area contributed by atoms with Crippen LogP contribution < -0.4 is 15.4 Å². The summed E-state index contributed by atoms with van der Waals surface area (Å²) in [5.41, 5.74) is 1.91. The summed E-state index contributed by atoms with van der Waals surface area (Å²) in [4.78, 5) is 15.8. The maximum Gasteiger partial charge on any atom is 0.319 e. The van der Waals surface area contributed by atoms with Gasteiger partial charge in [-0.1, -0.05) is 6.07 Å². The lowest BCUT2D eigenvalue weighted by Crippen LogP contribution is -2.28. The van der Waals surface area contributed by atoms with Crippen LogP contribution in [0, 0.1) is 0 Å². The van der Waals surface area contributed by atoms with Gasteiger partial charge in [-0.25, -0.2) is 13.2 Å². The van der Waals surface area contributed by atoms with Crippen molar-refractivity contribution in [2.24, 2.45) is 0 Å². The van der Waals surface area contributed by atoms with Crippen LogP contribution in [0.15, 0.2) is 48.8 Å². The molecule has 0 aliphatic carbocycles. The largest absolute Gasteiger partial charge is 0.334 e. The van der Waals surface area contributed by atoms with E-state index in [0.29, 0.717) is 17.9 Å². The summed E-state index contributed by atoms with van der Waals surface area (Å²) >= 11 is 0. The number of carbonyl (C=O) groups is 1. The fourth-order valence-corrected chi connectivity index (χ4v) is 2.37. The van der Waals surface area contributed by atoms with Crippen LogP contribution >= 0.6 is 0 Å². The van der Waals surface area contributed by atoms with Crippen molar-refractivity contribution in [1.29, 1.82) is 0 Å². The van der Waals surface area contributed by atoms with E-state index in [2.05, 4.69) is 20.3 Å². The minimum atomic E-state index is -3.30. The second-order valence-corrected chi connectivity index (χ2v) is 6.76. The number of hydrogen-bond acceptors (Lipinski definition) is 4. The SMILES string of the molecule is CCS(=O)(=O)Nc1ccc(NC(=O)NCc2cccnc2)cc1. The van der Waals surface area contributed by atoms with Gasteiger partial charge in [-0.3, -0.25) is 9.71 Å². The van der Waals surface area contributed by atoms with Crippen LogP contribution in [-0.4, -0.2) is 25.2 Å². The summed E-state index contributed by atoms with van der Waals surface area (Å²) in [5.74, 6) is 0.00372. The van der Waals surface area contributed by atoms with Gasteiger partial charge in [-0.05, 0) is 42.8 Å². The molecule has 0 aliphatic rings. The second-order valence-electron chi connectivity index (χ2n) is 4.75. The fraction of sp³-hybridized carbons (Fsp3) is 0.200. The number of amides is 2. The Balaban J connectivity index is 1.87. The molecule has 0 aliphatic heterocycles. The van der Waals surface area contributed by atoms with Crippen molar-refractivity contribution in [3.8, 4) is 0 Å². The highest BCUT2D eigenvalue weighted by atomic mass is 32.2. The van der Waals surface area contributed by atoms with Crippen molar-refractivity contribution in [2.75, 3.05) is 15.8 Å². The van der Waals surface area contributed by atoms with Gasteiger partial charge in [0.15, 0.2) is 0 Å². The highest BCUT2D eigenvalue weighted by Crippen LogP contribution is 2.14. The summed E-state index contributed by atoms with van der Waals surface area (Å²) in [6, 6.07) is 9.73. The van der Waals surface area contributed by atoms with Crippen LogP contribution in [0.25, 0.3) is 0 Å². The Labute approximate surface area is 135 Å². The van der Waals surface area contributed by atoms with Crippen LogP contribution in [-0.2, 0) is 16.6 Å². The average Bonchev–Trinajstić information content (AvgIpc) is 2.55. The topological polar surface area (TPSA) is 100 Å². The molecule has 7 nitrogen and oxygen atoms in total. The number of nitrogens with zero attached hydrogens (tertiary/aromatic N) is 1. The molecule has 0 atom stereocenters. The first kappa shape index (κ1) is 16.8. The molecule has 0 bridgehead atoms. The highest BCUT2D eigenvalue weighted by molar-refractivity contribution is 7.92. The van der Waals surface area contributed by atoms with E-state index in [4.69, 9.17) is 0 Å². The second kappa shape index (κ2) is 7.59. The number of rotatable bonds is 6. The molecule has 0 unspecified atom stereocenters. The molecular formula is C15H18N4O3S. The lowest BCUT2D eigenvalue weighted by Gasteiger charge is -2.09. The predicted molar refractivity (Wildman–Crippen MR) is 89.6 cm³/mol. The van der Waals surface area contributed by atoms with E-state index in [1.165, 1.54) is 0 Å². The van der Waals surface area contributed by atoms with Crippen LogP contribution in [0.2, 0.25) is 0 Å². The third-order valence-corrected chi connectivity index (χ3v) is 4.28. The Hall–Kier alpha value is -2.61. The zero-order valence-electron chi connectivity index (χ0n) is 12.6. The van der Waals surface area contributed by atoms with Crippen molar-refractivity contribution < 1.29 is 13.2 Å². The molecule has 1 aromatic heterocycles. The van der Waals surface area contributed by atoms with Crippen molar-refractivity contribution in [3.05, 3.63) is 54.4 Å². The molecule has 2 rings (SSSR count). The maximum atomic E-state index is 11.8. The number of anilines is 2. The Morgan fingerprint density at radius 3 is 2.43 bits per heavy atom. The third kappa shape index (κ3) is 5.59. The number of hydrogen-bond donors (Lipinski definition) is 3. The third-order valence-electron chi connectivity index (χ3n) is 2.97. The summed E-state index contributed by atoms with van der Waals surface area (Å²) in [7, 11) is -3.30. The summed E-state index contributed by atoms with van der Waals surface area (Å²) in [6.07, 6.45) is 3.34. The fourth-order valence-electron chi connectivity index (χ4n) is 1.73. The molecule has 122 valence electrons. The van der Waals surface area contributed by atoms with Crippen LogP contribution in [0.1, 0.15) is 12.5 Å². The normalized spacial score (nSPS) is 10.8. The first-order valence-corrected chi connectivity index (χ1v) is 8.68. The predicted octanol–water partition coefficient (Wildman–Crippen LogP) is 2.16. The number of urea groups is 1. The van der Waals surface area contributed by atoms with Crippen molar-refractivity contribution >= 4 is 27.4 Å². The number of benzene rings is 1. The van der Waals surface area contributed by atoms with Crippen LogP contribution in [0.4, 0.5) is 16.2 Å². The minimum absolute atomic E-state index is 0.00372. The Kier molecular flexibility index (Phi) is 5.53. The summed E-state index contributed by atoms with van der Waals surface area (Å²) in [6.45, 7) is 1.93. The number of pyridine rings is 1. The molecule has 3 N–H and O–H groups in total. The number of aromatic nitrogens is 1. The van der Waals surface area contributed by atoms with E-state index in [1.54, 1.807) is 49.6 Å². The van der Waals surface area contributed by atoms with Gasteiger partial charge < -0.3 is 10.6 Å². The highest BCUT2D eigenvalue weighted by Gasteiger charge is 2.07. The lowest BCUT2D eigenvalue weighted by molar-refractivity contribution is 0.251. The molecule has 0 fully saturated rings. The first-order chi connectivity index (χ1) is 11.0. The summed E-state index contributed by atoms with van der Waals surface area (Å²) in [5, 5.41) is 5.38. The zero-order chi connectivity index (χ0) is 16.7. The Morgan fingerprint density at radius 2 is 1.83 bits per heavy atom. The number of carbonyl (C=O) groups excluding carboxylic acids is 1. The van der Waals surface area contributed by atoms with Gasteiger partial charge in [0.1, 0.15) is 0 Å². The monoisotopic (exact) mass is 334 g/mol. The van der Waals surface area contributed by atoms with E-state index >= 15 is 0 Å². The van der Waals surface area contributed by atoms with E-state index < -0.39 is 10.0 Å². The van der Waals surface area contributed by atoms with E-state index in [0.717, 1.165) is 5.56 Å². The molecule has 0 spiro atoms. The van der Waals surface area contributed by atoms with Gasteiger partial charge >= 0.3 is 6.03 Å². The smallest absolute Gasteiger partial charge is 0.319 e. The van der Waals surface area contributed by atoms with Gasteiger partial charge in [0.2, 0.25) is 10.0 Å². The molecule has 1 aromatic carbocycles. The van der Waals surface area contributed by atoms with Crippen molar-refractivity contribution in [3.63, 3.8) is 0 Å². The van der Waals surface area contributed by atoms with Crippen LogP contribution in [0.3, 0.4) is 0 Å². The minimum Gasteiger partial charge on any atom is -0.334 e. The quantitative estimate of drug-likeness (QED) is 0.753. The zero-order valence-corrected chi connectivity index (χ0v) is 13.4. The average molecular weight is 334 g/mol. The van der Waals surface area contributed by atoms with Gasteiger partial charge in [0.05, 0.1) is 5.75 Å². The first-order valence-electron chi connectivity index (χ1n) is 7.03. The number of nitrogens with one attached hydrogen (secondary N) is 3. The Bertz CT molecular complexity index is 746. The Morgan fingerprint density at radius 1 is 1.13 bits per heavy atom. The maximum absolute atomic E-state index is 11.8. The van der Waals surface area contributed by atoms with Gasteiger partial charge in [0, 0.05) is 30.3 Å². The van der Waals surface area contributed by atoms with Crippen molar-refractivity contribution in [2.45, 2.75) is 13.5 Å². The number of sulfonamides is 1. The molecule has 2 amide bonds. The van der Waals surface area contributed by atoms with Gasteiger partial charge in [-0.2, -0.15) is 0 Å². The standard InChI is InChI=1S/C15H18N4O3S/c1-2-23(21,22)19-14-7-5-13(6-8-14)18-15(20)17-11-12-4-3-9-16-10-12/h3-10,19H,2,11H2,1H3,(H2,17,18,20). The van der Waals surface area contributed by atoms with E-state index in [-0.39, 0.29) is 11.8 Å². The molecule has 1 heterocycles. The lowest BCUT2D eigenvalue weighted by atomic mass is 10.3.